The zero-order chi connectivity index (χ0) is 10.6. The largest absolute Gasteiger partial charge is 0.508 e. The van der Waals surface area contributed by atoms with Crippen molar-refractivity contribution in [3.63, 3.8) is 0 Å². The van der Waals surface area contributed by atoms with E-state index in [2.05, 4.69) is 0 Å². The zero-order valence-corrected chi connectivity index (χ0v) is 8.53. The van der Waals surface area contributed by atoms with Crippen LogP contribution in [0.3, 0.4) is 0 Å². The summed E-state index contributed by atoms with van der Waals surface area (Å²) in [6, 6.07) is 7.05. The maximum atomic E-state index is 11.3. The van der Waals surface area contributed by atoms with Crippen molar-refractivity contribution in [2.24, 2.45) is 0 Å². The van der Waals surface area contributed by atoms with Crippen LogP contribution in [-0.2, 0) is 11.3 Å². The van der Waals surface area contributed by atoms with Gasteiger partial charge in [0.25, 0.3) is 0 Å². The molecule has 0 aromatic heterocycles. The standard InChI is InChI=1S/C11H15NO2/c1-3-11(14)12(2)8-9-6-4-5-7-10(9)13/h4-7,13H,3,8H2,1-2H3. The summed E-state index contributed by atoms with van der Waals surface area (Å²) < 4.78 is 0. The first kappa shape index (κ1) is 10.6. The van der Waals surface area contributed by atoms with Gasteiger partial charge in [0, 0.05) is 25.6 Å². The number of carbonyl (C=O) groups is 1. The molecule has 1 amide bonds. The van der Waals surface area contributed by atoms with Gasteiger partial charge in [0.05, 0.1) is 0 Å². The fraction of sp³-hybridized carbons (Fsp3) is 0.364. The van der Waals surface area contributed by atoms with E-state index < -0.39 is 0 Å². The molecule has 0 aliphatic heterocycles. The van der Waals surface area contributed by atoms with Gasteiger partial charge in [-0.1, -0.05) is 25.1 Å². The van der Waals surface area contributed by atoms with Crippen LogP contribution < -0.4 is 0 Å². The number of nitrogens with zero attached hydrogens (tertiary/aromatic N) is 1. The Morgan fingerprint density at radius 1 is 1.43 bits per heavy atom. The number of amides is 1. The number of para-hydroxylation sites is 1. The molecule has 76 valence electrons. The second-order valence-corrected chi connectivity index (χ2v) is 3.23. The van der Waals surface area contributed by atoms with Crippen LogP contribution in [0.25, 0.3) is 0 Å². The van der Waals surface area contributed by atoms with E-state index in [1.165, 1.54) is 0 Å². The molecule has 0 fully saturated rings. The first-order chi connectivity index (χ1) is 6.65. The first-order valence-electron chi connectivity index (χ1n) is 4.66. The van der Waals surface area contributed by atoms with Crippen LogP contribution in [-0.4, -0.2) is 23.0 Å². The van der Waals surface area contributed by atoms with Crippen molar-refractivity contribution in [3.8, 4) is 5.75 Å². The van der Waals surface area contributed by atoms with Gasteiger partial charge in [-0.25, -0.2) is 0 Å². The average molecular weight is 193 g/mol. The fourth-order valence-electron chi connectivity index (χ4n) is 1.26. The summed E-state index contributed by atoms with van der Waals surface area (Å²) in [7, 11) is 1.73. The zero-order valence-electron chi connectivity index (χ0n) is 8.53. The van der Waals surface area contributed by atoms with Crippen molar-refractivity contribution in [2.75, 3.05) is 7.05 Å². The highest BCUT2D eigenvalue weighted by Crippen LogP contribution is 2.17. The third-order valence-electron chi connectivity index (χ3n) is 2.13. The van der Waals surface area contributed by atoms with Crippen LogP contribution in [0.5, 0.6) is 5.75 Å². The quantitative estimate of drug-likeness (QED) is 0.794. The molecule has 0 radical (unpaired) electrons. The Balaban J connectivity index is 2.69. The van der Waals surface area contributed by atoms with Crippen molar-refractivity contribution in [1.29, 1.82) is 0 Å². The van der Waals surface area contributed by atoms with E-state index in [0.717, 1.165) is 5.56 Å². The van der Waals surface area contributed by atoms with E-state index in [1.54, 1.807) is 24.1 Å². The Labute approximate surface area is 84.0 Å². The van der Waals surface area contributed by atoms with Crippen LogP contribution in [0.4, 0.5) is 0 Å². The second kappa shape index (κ2) is 4.65. The molecular weight excluding hydrogens is 178 g/mol. The maximum Gasteiger partial charge on any atom is 0.222 e. The summed E-state index contributed by atoms with van der Waals surface area (Å²) in [5.41, 5.74) is 0.775. The monoisotopic (exact) mass is 193 g/mol. The van der Waals surface area contributed by atoms with Crippen molar-refractivity contribution < 1.29 is 9.90 Å². The number of hydrogen-bond donors (Lipinski definition) is 1. The van der Waals surface area contributed by atoms with Crippen molar-refractivity contribution in [1.82, 2.24) is 4.90 Å². The van der Waals surface area contributed by atoms with Gasteiger partial charge in [0.15, 0.2) is 0 Å². The second-order valence-electron chi connectivity index (χ2n) is 3.23. The predicted molar refractivity (Wildman–Crippen MR) is 54.9 cm³/mol. The molecule has 0 unspecified atom stereocenters. The summed E-state index contributed by atoms with van der Waals surface area (Å²) in [4.78, 5) is 12.9. The summed E-state index contributed by atoms with van der Waals surface area (Å²) >= 11 is 0. The van der Waals surface area contributed by atoms with Crippen molar-refractivity contribution >= 4 is 5.91 Å². The molecule has 0 saturated carbocycles. The van der Waals surface area contributed by atoms with Crippen molar-refractivity contribution in [2.45, 2.75) is 19.9 Å². The predicted octanol–water partition coefficient (Wildman–Crippen LogP) is 1.76. The van der Waals surface area contributed by atoms with Gasteiger partial charge in [-0.15, -0.1) is 0 Å². The van der Waals surface area contributed by atoms with Gasteiger partial charge in [-0.3, -0.25) is 4.79 Å². The highest BCUT2D eigenvalue weighted by Gasteiger charge is 2.08. The fourth-order valence-corrected chi connectivity index (χ4v) is 1.26. The van der Waals surface area contributed by atoms with Gasteiger partial charge in [-0.2, -0.15) is 0 Å². The van der Waals surface area contributed by atoms with E-state index >= 15 is 0 Å². The third-order valence-corrected chi connectivity index (χ3v) is 2.13. The minimum atomic E-state index is 0.0771. The summed E-state index contributed by atoms with van der Waals surface area (Å²) in [6.45, 7) is 2.28. The number of aromatic hydroxyl groups is 1. The van der Waals surface area contributed by atoms with Crippen molar-refractivity contribution in [3.05, 3.63) is 29.8 Å². The highest BCUT2D eigenvalue weighted by atomic mass is 16.3. The van der Waals surface area contributed by atoms with Crippen LogP contribution in [0, 0.1) is 0 Å². The SMILES string of the molecule is CCC(=O)N(C)Cc1ccccc1O. The van der Waals surface area contributed by atoms with Crippen LogP contribution >= 0.6 is 0 Å². The van der Waals surface area contributed by atoms with E-state index in [0.29, 0.717) is 13.0 Å². The van der Waals surface area contributed by atoms with Crippen LogP contribution in [0.2, 0.25) is 0 Å². The molecule has 3 heteroatoms. The molecule has 1 aromatic rings. The molecule has 1 aromatic carbocycles. The Bertz CT molecular complexity index is 323. The molecule has 0 heterocycles. The molecule has 0 saturated heterocycles. The third kappa shape index (κ3) is 2.49. The van der Waals surface area contributed by atoms with Gasteiger partial charge < -0.3 is 10.0 Å². The summed E-state index contributed by atoms with van der Waals surface area (Å²) in [5, 5.41) is 9.48. The lowest BCUT2D eigenvalue weighted by atomic mass is 10.2. The van der Waals surface area contributed by atoms with E-state index in [1.807, 2.05) is 19.1 Å². The minimum absolute atomic E-state index is 0.0771. The normalized spacial score (nSPS) is 9.86. The molecule has 3 nitrogen and oxygen atoms in total. The van der Waals surface area contributed by atoms with E-state index in [9.17, 15) is 9.90 Å². The Kier molecular flexibility index (Phi) is 3.51. The lowest BCUT2D eigenvalue weighted by molar-refractivity contribution is -0.130. The highest BCUT2D eigenvalue weighted by molar-refractivity contribution is 5.75. The Morgan fingerprint density at radius 2 is 2.07 bits per heavy atom. The van der Waals surface area contributed by atoms with Gasteiger partial charge in [0.2, 0.25) is 5.91 Å². The molecule has 14 heavy (non-hydrogen) atoms. The molecule has 1 rings (SSSR count). The summed E-state index contributed by atoms with van der Waals surface area (Å²) in [5.74, 6) is 0.316. The molecule has 0 aliphatic carbocycles. The Morgan fingerprint density at radius 3 is 2.64 bits per heavy atom. The lowest BCUT2D eigenvalue weighted by Crippen LogP contribution is -2.25. The first-order valence-corrected chi connectivity index (χ1v) is 4.66. The van der Waals surface area contributed by atoms with E-state index in [-0.39, 0.29) is 11.7 Å². The number of phenolic OH excluding ortho intramolecular Hbond substituents is 1. The maximum absolute atomic E-state index is 11.3. The average Bonchev–Trinajstić information content (AvgIpc) is 2.20. The van der Waals surface area contributed by atoms with Gasteiger partial charge in [0.1, 0.15) is 5.75 Å². The number of carbonyl (C=O) groups excluding carboxylic acids is 1. The number of rotatable bonds is 3. The lowest BCUT2D eigenvalue weighted by Gasteiger charge is -2.16. The molecule has 0 atom stereocenters. The van der Waals surface area contributed by atoms with Gasteiger partial charge in [-0.05, 0) is 6.07 Å². The number of hydrogen-bond acceptors (Lipinski definition) is 2. The summed E-state index contributed by atoms with van der Waals surface area (Å²) in [6.07, 6.45) is 0.490. The number of benzene rings is 1. The molecule has 0 spiro atoms. The minimum Gasteiger partial charge on any atom is -0.508 e. The molecule has 1 N–H and O–H groups in total. The number of phenols is 1. The smallest absolute Gasteiger partial charge is 0.222 e. The Hall–Kier alpha value is -1.51. The molecular formula is C11H15NO2. The van der Waals surface area contributed by atoms with Crippen LogP contribution in [0.15, 0.2) is 24.3 Å². The molecule has 0 bridgehead atoms. The van der Waals surface area contributed by atoms with Gasteiger partial charge >= 0.3 is 0 Å². The topological polar surface area (TPSA) is 40.5 Å². The van der Waals surface area contributed by atoms with Crippen LogP contribution in [0.1, 0.15) is 18.9 Å². The van der Waals surface area contributed by atoms with E-state index in [4.69, 9.17) is 0 Å². The molecule has 0 aliphatic rings.